The molecule has 84 valence electrons. The predicted molar refractivity (Wildman–Crippen MR) is 62.5 cm³/mol. The van der Waals surface area contributed by atoms with Gasteiger partial charge in [0.2, 0.25) is 0 Å². The highest BCUT2D eigenvalue weighted by Crippen LogP contribution is 2.19. The van der Waals surface area contributed by atoms with Gasteiger partial charge in [-0.25, -0.2) is 0 Å². The van der Waals surface area contributed by atoms with E-state index in [0.29, 0.717) is 23.3 Å². The Morgan fingerprint density at radius 1 is 1.38 bits per heavy atom. The summed E-state index contributed by atoms with van der Waals surface area (Å²) in [6, 6.07) is 8.73. The van der Waals surface area contributed by atoms with Crippen molar-refractivity contribution in [1.82, 2.24) is 0 Å². The average molecular weight is 218 g/mol. The first-order valence-corrected chi connectivity index (χ1v) is 5.36. The van der Waals surface area contributed by atoms with Gasteiger partial charge in [-0.15, -0.1) is 0 Å². The van der Waals surface area contributed by atoms with Crippen LogP contribution in [0.2, 0.25) is 0 Å². The fourth-order valence-corrected chi connectivity index (χ4v) is 1.66. The third kappa shape index (κ3) is 1.99. The van der Waals surface area contributed by atoms with Crippen LogP contribution in [0.4, 0.5) is 0 Å². The lowest BCUT2D eigenvalue weighted by atomic mass is 10.2. The molecule has 0 bridgehead atoms. The molecule has 1 unspecified atom stereocenters. The molecule has 3 heteroatoms. The van der Waals surface area contributed by atoms with Crippen molar-refractivity contribution in [3.63, 3.8) is 0 Å². The molecule has 2 rings (SSSR count). The van der Waals surface area contributed by atoms with Gasteiger partial charge in [0.05, 0.1) is 5.39 Å². The minimum Gasteiger partial charge on any atom is -0.458 e. The first-order chi connectivity index (χ1) is 7.72. The topological polar surface area (TPSA) is 39.4 Å². The van der Waals surface area contributed by atoms with Gasteiger partial charge < -0.3 is 9.15 Å². The maximum atomic E-state index is 11.8. The van der Waals surface area contributed by atoms with Crippen molar-refractivity contribution in [1.29, 1.82) is 0 Å². The molecule has 2 aromatic rings. The maximum Gasteiger partial charge on any atom is 0.193 e. The third-order valence-corrected chi connectivity index (χ3v) is 2.47. The second-order valence-corrected chi connectivity index (χ2v) is 3.61. The SMILES string of the molecule is CCOC(C)c1cc(=O)c2ccccc2o1. The van der Waals surface area contributed by atoms with E-state index in [4.69, 9.17) is 9.15 Å². The van der Waals surface area contributed by atoms with Gasteiger partial charge in [0.25, 0.3) is 0 Å². The first kappa shape index (κ1) is 10.9. The minimum atomic E-state index is -0.192. The van der Waals surface area contributed by atoms with Crippen LogP contribution >= 0.6 is 0 Å². The fraction of sp³-hybridized carbons (Fsp3) is 0.308. The molecule has 0 aliphatic carbocycles. The lowest BCUT2D eigenvalue weighted by Gasteiger charge is -2.10. The summed E-state index contributed by atoms with van der Waals surface area (Å²) in [4.78, 5) is 11.8. The smallest absolute Gasteiger partial charge is 0.193 e. The van der Waals surface area contributed by atoms with Gasteiger partial charge in [-0.3, -0.25) is 4.79 Å². The molecule has 1 atom stereocenters. The Balaban J connectivity index is 2.54. The van der Waals surface area contributed by atoms with Gasteiger partial charge in [0, 0.05) is 12.7 Å². The monoisotopic (exact) mass is 218 g/mol. The molecule has 0 aliphatic heterocycles. The van der Waals surface area contributed by atoms with Crippen LogP contribution in [0.3, 0.4) is 0 Å². The van der Waals surface area contributed by atoms with Crippen molar-refractivity contribution >= 4 is 11.0 Å². The Labute approximate surface area is 93.7 Å². The normalized spacial score (nSPS) is 12.9. The van der Waals surface area contributed by atoms with Gasteiger partial charge in [0.15, 0.2) is 5.43 Å². The highest BCUT2D eigenvalue weighted by molar-refractivity contribution is 5.76. The molecular formula is C13H14O3. The van der Waals surface area contributed by atoms with Crippen LogP contribution in [0.5, 0.6) is 0 Å². The number of ether oxygens (including phenoxy) is 1. The van der Waals surface area contributed by atoms with E-state index in [9.17, 15) is 4.79 Å². The Morgan fingerprint density at radius 3 is 2.88 bits per heavy atom. The van der Waals surface area contributed by atoms with Crippen LogP contribution in [0.1, 0.15) is 25.7 Å². The van der Waals surface area contributed by atoms with Gasteiger partial charge >= 0.3 is 0 Å². The van der Waals surface area contributed by atoms with Crippen LogP contribution in [-0.2, 0) is 4.74 Å². The second-order valence-electron chi connectivity index (χ2n) is 3.61. The number of hydrogen-bond donors (Lipinski definition) is 0. The summed E-state index contributed by atoms with van der Waals surface area (Å²) < 4.78 is 11.0. The number of para-hydroxylation sites is 1. The lowest BCUT2D eigenvalue weighted by molar-refractivity contribution is 0.0607. The van der Waals surface area contributed by atoms with Crippen LogP contribution < -0.4 is 5.43 Å². The largest absolute Gasteiger partial charge is 0.458 e. The van der Waals surface area contributed by atoms with E-state index in [1.165, 1.54) is 6.07 Å². The third-order valence-electron chi connectivity index (χ3n) is 2.47. The molecule has 0 fully saturated rings. The summed E-state index contributed by atoms with van der Waals surface area (Å²) in [5.41, 5.74) is 0.583. The molecule has 0 radical (unpaired) electrons. The van der Waals surface area contributed by atoms with Gasteiger partial charge in [-0.2, -0.15) is 0 Å². The molecule has 3 nitrogen and oxygen atoms in total. The van der Waals surface area contributed by atoms with Crippen LogP contribution in [0.15, 0.2) is 39.5 Å². The molecule has 1 aromatic carbocycles. The van der Waals surface area contributed by atoms with E-state index < -0.39 is 0 Å². The first-order valence-electron chi connectivity index (χ1n) is 5.36. The molecule has 16 heavy (non-hydrogen) atoms. The lowest BCUT2D eigenvalue weighted by Crippen LogP contribution is -2.06. The van der Waals surface area contributed by atoms with E-state index in [0.717, 1.165) is 0 Å². The Kier molecular flexibility index (Phi) is 3.06. The Morgan fingerprint density at radius 2 is 2.12 bits per heavy atom. The summed E-state index contributed by atoms with van der Waals surface area (Å²) >= 11 is 0. The molecule has 0 amide bonds. The van der Waals surface area contributed by atoms with E-state index in [-0.39, 0.29) is 11.5 Å². The van der Waals surface area contributed by atoms with Crippen molar-refractivity contribution in [3.8, 4) is 0 Å². The molecule has 1 aromatic heterocycles. The summed E-state index contributed by atoms with van der Waals surface area (Å²) in [5.74, 6) is 0.575. The average Bonchev–Trinajstić information content (AvgIpc) is 2.29. The molecule has 0 aliphatic rings. The zero-order valence-corrected chi connectivity index (χ0v) is 9.40. The zero-order valence-electron chi connectivity index (χ0n) is 9.40. The van der Waals surface area contributed by atoms with Crippen LogP contribution in [0.25, 0.3) is 11.0 Å². The molecular weight excluding hydrogens is 204 g/mol. The van der Waals surface area contributed by atoms with E-state index in [1.54, 1.807) is 12.1 Å². The van der Waals surface area contributed by atoms with Crippen molar-refractivity contribution in [2.75, 3.05) is 6.61 Å². The van der Waals surface area contributed by atoms with Gasteiger partial charge in [-0.05, 0) is 26.0 Å². The summed E-state index contributed by atoms with van der Waals surface area (Å²) in [5, 5.41) is 0.606. The van der Waals surface area contributed by atoms with Gasteiger partial charge in [0.1, 0.15) is 17.4 Å². The quantitative estimate of drug-likeness (QED) is 0.795. The summed E-state index contributed by atoms with van der Waals surface area (Å²) in [7, 11) is 0. The Bertz CT molecular complexity index is 542. The number of fused-ring (bicyclic) bond motifs is 1. The van der Waals surface area contributed by atoms with Crippen LogP contribution in [-0.4, -0.2) is 6.61 Å². The minimum absolute atomic E-state index is 0.0246. The van der Waals surface area contributed by atoms with Crippen molar-refractivity contribution < 1.29 is 9.15 Å². The summed E-state index contributed by atoms with van der Waals surface area (Å²) in [6.45, 7) is 4.38. The van der Waals surface area contributed by atoms with E-state index >= 15 is 0 Å². The number of rotatable bonds is 3. The van der Waals surface area contributed by atoms with Crippen molar-refractivity contribution in [2.45, 2.75) is 20.0 Å². The molecule has 0 saturated carbocycles. The second kappa shape index (κ2) is 4.49. The van der Waals surface area contributed by atoms with E-state index in [1.807, 2.05) is 26.0 Å². The highest BCUT2D eigenvalue weighted by atomic mass is 16.5. The molecule has 0 saturated heterocycles. The standard InChI is InChI=1S/C13H14O3/c1-3-15-9(2)13-8-11(14)10-6-4-5-7-12(10)16-13/h4-9H,3H2,1-2H3. The van der Waals surface area contributed by atoms with E-state index in [2.05, 4.69) is 0 Å². The van der Waals surface area contributed by atoms with Crippen molar-refractivity contribution in [3.05, 3.63) is 46.3 Å². The summed E-state index contributed by atoms with van der Waals surface area (Å²) in [6.07, 6.45) is -0.192. The number of hydrogen-bond acceptors (Lipinski definition) is 3. The maximum absolute atomic E-state index is 11.8. The predicted octanol–water partition coefficient (Wildman–Crippen LogP) is 2.89. The number of benzene rings is 1. The van der Waals surface area contributed by atoms with Crippen molar-refractivity contribution in [2.24, 2.45) is 0 Å². The highest BCUT2D eigenvalue weighted by Gasteiger charge is 2.10. The van der Waals surface area contributed by atoms with Gasteiger partial charge in [-0.1, -0.05) is 12.1 Å². The molecule has 1 heterocycles. The fourth-order valence-electron chi connectivity index (χ4n) is 1.66. The molecule has 0 spiro atoms. The zero-order chi connectivity index (χ0) is 11.5. The van der Waals surface area contributed by atoms with Crippen LogP contribution in [0, 0.1) is 0 Å². The Hall–Kier alpha value is -1.61. The molecule has 0 N–H and O–H groups in total.